The molecular weight excluding hydrogens is 304 g/mol. The SMILES string of the molecule is Cc1ccccc1-c1cc2c(c[n+]1C)c1cccc3c1n2CCCC3. The van der Waals surface area contributed by atoms with Gasteiger partial charge in [-0.1, -0.05) is 36.4 Å². The highest BCUT2D eigenvalue weighted by Gasteiger charge is 2.21. The highest BCUT2D eigenvalue weighted by Crippen LogP contribution is 2.35. The molecule has 2 nitrogen and oxygen atoms in total. The van der Waals surface area contributed by atoms with Crippen LogP contribution in [0, 0.1) is 6.92 Å². The van der Waals surface area contributed by atoms with Gasteiger partial charge in [-0.15, -0.1) is 0 Å². The summed E-state index contributed by atoms with van der Waals surface area (Å²) in [6.07, 6.45) is 6.06. The maximum absolute atomic E-state index is 2.56. The molecule has 0 fully saturated rings. The van der Waals surface area contributed by atoms with Crippen LogP contribution in [0.5, 0.6) is 0 Å². The van der Waals surface area contributed by atoms with Crippen molar-refractivity contribution < 1.29 is 4.57 Å². The van der Waals surface area contributed by atoms with Crippen LogP contribution in [0.4, 0.5) is 0 Å². The van der Waals surface area contributed by atoms with Crippen molar-refractivity contribution in [3.63, 3.8) is 0 Å². The van der Waals surface area contributed by atoms with Crippen LogP contribution in [-0.2, 0) is 20.0 Å². The van der Waals surface area contributed by atoms with Crippen LogP contribution in [0.2, 0.25) is 0 Å². The normalized spacial score (nSPS) is 14.2. The van der Waals surface area contributed by atoms with Crippen LogP contribution in [0.25, 0.3) is 33.1 Å². The molecule has 0 aliphatic carbocycles. The molecule has 0 bridgehead atoms. The molecule has 1 aliphatic rings. The van der Waals surface area contributed by atoms with Gasteiger partial charge in [0.05, 0.1) is 16.4 Å². The van der Waals surface area contributed by atoms with Gasteiger partial charge in [-0.3, -0.25) is 0 Å². The summed E-state index contributed by atoms with van der Waals surface area (Å²) < 4.78 is 4.85. The second-order valence-electron chi connectivity index (χ2n) is 7.31. The summed E-state index contributed by atoms with van der Waals surface area (Å²) in [6.45, 7) is 3.32. The summed E-state index contributed by atoms with van der Waals surface area (Å²) in [5.74, 6) is 0. The Kier molecular flexibility index (Phi) is 3.21. The van der Waals surface area contributed by atoms with Gasteiger partial charge < -0.3 is 4.57 Å². The average molecular weight is 327 g/mol. The Labute approximate surface area is 148 Å². The lowest BCUT2D eigenvalue weighted by molar-refractivity contribution is -0.659. The molecule has 3 heterocycles. The molecule has 0 spiro atoms. The standard InChI is InChI=1S/C23H23N2/c1-16-8-3-4-11-18(16)21-14-22-20(15-24(21)2)19-12-7-10-17-9-5-6-13-25(22)23(17)19/h3-4,7-8,10-12,14-15H,5-6,9,13H2,1-2H3/q+1. The van der Waals surface area contributed by atoms with Gasteiger partial charge in [-0.05, 0) is 43.4 Å². The van der Waals surface area contributed by atoms with Crippen LogP contribution in [0.3, 0.4) is 0 Å². The van der Waals surface area contributed by atoms with Gasteiger partial charge in [0.1, 0.15) is 7.05 Å². The van der Waals surface area contributed by atoms with Crippen molar-refractivity contribution in [2.24, 2.45) is 7.05 Å². The zero-order chi connectivity index (χ0) is 17.0. The fourth-order valence-electron chi connectivity index (χ4n) is 4.46. The third kappa shape index (κ3) is 2.13. The van der Waals surface area contributed by atoms with Gasteiger partial charge in [0.25, 0.3) is 0 Å². The van der Waals surface area contributed by atoms with Crippen LogP contribution >= 0.6 is 0 Å². The highest BCUT2D eigenvalue weighted by atomic mass is 15.0. The van der Waals surface area contributed by atoms with E-state index in [4.69, 9.17) is 0 Å². The van der Waals surface area contributed by atoms with Gasteiger partial charge in [-0.2, -0.15) is 0 Å². The fraction of sp³-hybridized carbons (Fsp3) is 0.261. The summed E-state index contributed by atoms with van der Waals surface area (Å²) in [7, 11) is 2.17. The van der Waals surface area contributed by atoms with E-state index in [2.05, 4.69) is 77.8 Å². The van der Waals surface area contributed by atoms with Crippen LogP contribution in [-0.4, -0.2) is 4.57 Å². The molecule has 1 aliphatic heterocycles. The first-order chi connectivity index (χ1) is 12.2. The Morgan fingerprint density at radius 1 is 0.960 bits per heavy atom. The number of benzene rings is 2. The number of aryl methyl sites for hydroxylation is 4. The number of hydrogen-bond donors (Lipinski definition) is 0. The third-order valence-electron chi connectivity index (χ3n) is 5.72. The van der Waals surface area contributed by atoms with Gasteiger partial charge in [0.2, 0.25) is 5.69 Å². The number of aromatic nitrogens is 2. The molecule has 0 saturated carbocycles. The first-order valence-corrected chi connectivity index (χ1v) is 9.23. The van der Waals surface area contributed by atoms with Gasteiger partial charge >= 0.3 is 0 Å². The van der Waals surface area contributed by atoms with E-state index >= 15 is 0 Å². The van der Waals surface area contributed by atoms with Crippen LogP contribution < -0.4 is 4.57 Å². The summed E-state index contributed by atoms with van der Waals surface area (Å²) in [4.78, 5) is 0. The van der Waals surface area contributed by atoms with Gasteiger partial charge in [0.15, 0.2) is 6.20 Å². The second kappa shape index (κ2) is 5.45. The van der Waals surface area contributed by atoms with E-state index in [1.54, 1.807) is 0 Å². The summed E-state index contributed by atoms with van der Waals surface area (Å²) in [6, 6.07) is 17.9. The fourth-order valence-corrected chi connectivity index (χ4v) is 4.46. The smallest absolute Gasteiger partial charge is 0.214 e. The monoisotopic (exact) mass is 327 g/mol. The lowest BCUT2D eigenvalue weighted by Crippen LogP contribution is -2.30. The Morgan fingerprint density at radius 2 is 1.84 bits per heavy atom. The summed E-state index contributed by atoms with van der Waals surface area (Å²) in [5.41, 5.74) is 8.27. The van der Waals surface area contributed by atoms with Gasteiger partial charge in [0, 0.05) is 23.6 Å². The van der Waals surface area contributed by atoms with E-state index in [1.807, 2.05) is 0 Å². The van der Waals surface area contributed by atoms with E-state index in [9.17, 15) is 0 Å². The van der Waals surface area contributed by atoms with E-state index in [0.717, 1.165) is 6.54 Å². The predicted octanol–water partition coefficient (Wildman–Crippen LogP) is 4.93. The number of rotatable bonds is 1. The number of pyridine rings is 1. The number of hydrogen-bond acceptors (Lipinski definition) is 0. The number of para-hydroxylation sites is 1. The molecule has 2 aromatic heterocycles. The molecule has 124 valence electrons. The first kappa shape index (κ1) is 14.7. The molecule has 0 N–H and O–H groups in total. The third-order valence-corrected chi connectivity index (χ3v) is 5.72. The molecule has 2 aromatic carbocycles. The maximum Gasteiger partial charge on any atom is 0.214 e. The lowest BCUT2D eigenvalue weighted by Gasteiger charge is -2.07. The Bertz CT molecular complexity index is 1120. The molecule has 0 radical (unpaired) electrons. The Balaban J connectivity index is 1.90. The Morgan fingerprint density at radius 3 is 2.72 bits per heavy atom. The van der Waals surface area contributed by atoms with Crippen LogP contribution in [0.1, 0.15) is 24.0 Å². The molecule has 2 heteroatoms. The Hall–Kier alpha value is -2.61. The van der Waals surface area contributed by atoms with Crippen LogP contribution in [0.15, 0.2) is 54.7 Å². The molecule has 0 unspecified atom stereocenters. The van der Waals surface area contributed by atoms with Crippen molar-refractivity contribution in [2.75, 3.05) is 0 Å². The van der Waals surface area contributed by atoms with Crippen molar-refractivity contribution in [3.05, 3.63) is 65.9 Å². The molecule has 0 amide bonds. The number of fused-ring (bicyclic) bond motifs is 3. The topological polar surface area (TPSA) is 8.81 Å². The van der Waals surface area contributed by atoms with Crippen molar-refractivity contribution >= 4 is 21.8 Å². The highest BCUT2D eigenvalue weighted by molar-refractivity contribution is 6.09. The molecule has 25 heavy (non-hydrogen) atoms. The van der Waals surface area contributed by atoms with Crippen molar-refractivity contribution in [1.82, 2.24) is 4.57 Å². The zero-order valence-corrected chi connectivity index (χ0v) is 14.9. The molecule has 0 atom stereocenters. The average Bonchev–Trinajstić information content (AvgIpc) is 2.78. The number of nitrogens with zero attached hydrogens (tertiary/aromatic N) is 2. The molecule has 0 saturated heterocycles. The minimum Gasteiger partial charge on any atom is -0.340 e. The van der Waals surface area contributed by atoms with E-state index in [1.165, 1.54) is 63.5 Å². The van der Waals surface area contributed by atoms with E-state index in [-0.39, 0.29) is 0 Å². The minimum absolute atomic E-state index is 1.12. The second-order valence-corrected chi connectivity index (χ2v) is 7.31. The molecule has 4 aromatic rings. The predicted molar refractivity (Wildman–Crippen MR) is 104 cm³/mol. The molecular formula is C23H23N2+. The minimum atomic E-state index is 1.12. The maximum atomic E-state index is 2.56. The summed E-state index contributed by atoms with van der Waals surface area (Å²) >= 11 is 0. The first-order valence-electron chi connectivity index (χ1n) is 9.23. The summed E-state index contributed by atoms with van der Waals surface area (Å²) in [5, 5.41) is 2.78. The largest absolute Gasteiger partial charge is 0.340 e. The van der Waals surface area contributed by atoms with E-state index in [0.29, 0.717) is 0 Å². The van der Waals surface area contributed by atoms with Crippen molar-refractivity contribution in [1.29, 1.82) is 0 Å². The van der Waals surface area contributed by atoms with Gasteiger partial charge in [-0.25, -0.2) is 4.57 Å². The van der Waals surface area contributed by atoms with Crippen molar-refractivity contribution in [3.8, 4) is 11.3 Å². The van der Waals surface area contributed by atoms with E-state index < -0.39 is 0 Å². The molecule has 5 rings (SSSR count). The zero-order valence-electron chi connectivity index (χ0n) is 14.9. The lowest BCUT2D eigenvalue weighted by atomic mass is 10.0. The quantitative estimate of drug-likeness (QED) is 0.438. The van der Waals surface area contributed by atoms with Crippen molar-refractivity contribution in [2.45, 2.75) is 32.7 Å².